The molecule has 0 amide bonds. The molecule has 4 nitrogen and oxygen atoms in total. The van der Waals surface area contributed by atoms with Crippen molar-refractivity contribution in [3.63, 3.8) is 0 Å². The first-order valence-corrected chi connectivity index (χ1v) is 4.05. The Hall–Kier alpha value is -1.17. The van der Waals surface area contributed by atoms with Crippen molar-refractivity contribution in [2.24, 2.45) is 0 Å². The Morgan fingerprint density at radius 2 is 2.38 bits per heavy atom. The summed E-state index contributed by atoms with van der Waals surface area (Å²) >= 11 is 2.96. The summed E-state index contributed by atoms with van der Waals surface area (Å²) in [6.07, 6.45) is 0. The van der Waals surface area contributed by atoms with E-state index in [1.165, 1.54) is 7.11 Å². The highest BCUT2D eigenvalue weighted by Crippen LogP contribution is 2.19. The number of hydrogen-bond donors (Lipinski definition) is 1. The lowest BCUT2D eigenvalue weighted by molar-refractivity contribution is 0.0593. The monoisotopic (exact) mass is 248 g/mol. The first-order valence-electron chi connectivity index (χ1n) is 3.26. The Kier molecular flexibility index (Phi) is 2.82. The average Bonchev–Trinajstić information content (AvgIpc) is 2.10. The maximum Gasteiger partial charge on any atom is 0.357 e. The van der Waals surface area contributed by atoms with E-state index in [2.05, 4.69) is 25.7 Å². The SMILES string of the molecule is COC(=O)c1nc(N)c(F)cc1Br. The highest BCUT2D eigenvalue weighted by atomic mass is 79.9. The molecule has 0 spiro atoms. The first-order chi connectivity index (χ1) is 6.06. The zero-order valence-corrected chi connectivity index (χ0v) is 8.26. The minimum Gasteiger partial charge on any atom is -0.464 e. The van der Waals surface area contributed by atoms with Gasteiger partial charge in [-0.25, -0.2) is 14.2 Å². The number of methoxy groups -OCH3 is 1. The summed E-state index contributed by atoms with van der Waals surface area (Å²) < 4.78 is 17.4. The molecule has 0 radical (unpaired) electrons. The van der Waals surface area contributed by atoms with Crippen molar-refractivity contribution in [3.05, 3.63) is 22.1 Å². The van der Waals surface area contributed by atoms with Crippen LogP contribution in [-0.4, -0.2) is 18.1 Å². The first kappa shape index (κ1) is 9.91. The maximum atomic E-state index is 12.8. The Morgan fingerprint density at radius 3 is 2.92 bits per heavy atom. The number of hydrogen-bond acceptors (Lipinski definition) is 4. The third-order valence-corrected chi connectivity index (χ3v) is 1.94. The summed E-state index contributed by atoms with van der Waals surface area (Å²) in [6, 6.07) is 1.06. The van der Waals surface area contributed by atoms with Crippen molar-refractivity contribution < 1.29 is 13.9 Å². The molecule has 0 saturated carbocycles. The van der Waals surface area contributed by atoms with Gasteiger partial charge in [0.2, 0.25) is 0 Å². The van der Waals surface area contributed by atoms with Crippen molar-refractivity contribution in [2.45, 2.75) is 0 Å². The quantitative estimate of drug-likeness (QED) is 0.763. The zero-order chi connectivity index (χ0) is 10.0. The Labute approximate surface area is 82.0 Å². The number of pyridine rings is 1. The van der Waals surface area contributed by atoms with Crippen molar-refractivity contribution >= 4 is 27.7 Å². The molecule has 13 heavy (non-hydrogen) atoms. The van der Waals surface area contributed by atoms with Gasteiger partial charge in [0.05, 0.1) is 11.6 Å². The van der Waals surface area contributed by atoms with Gasteiger partial charge in [-0.2, -0.15) is 0 Å². The van der Waals surface area contributed by atoms with Gasteiger partial charge in [0.25, 0.3) is 0 Å². The second-order valence-corrected chi connectivity index (χ2v) is 3.03. The van der Waals surface area contributed by atoms with Crippen molar-refractivity contribution in [3.8, 4) is 0 Å². The molecule has 0 atom stereocenters. The minimum absolute atomic E-state index is 0.0404. The van der Waals surface area contributed by atoms with E-state index in [1.807, 2.05) is 0 Å². The molecule has 1 rings (SSSR count). The minimum atomic E-state index is -0.681. The van der Waals surface area contributed by atoms with Crippen LogP contribution in [-0.2, 0) is 4.74 Å². The molecule has 6 heteroatoms. The highest BCUT2D eigenvalue weighted by molar-refractivity contribution is 9.10. The summed E-state index contributed by atoms with van der Waals surface area (Å²) in [5.41, 5.74) is 5.13. The fraction of sp³-hybridized carbons (Fsp3) is 0.143. The summed E-state index contributed by atoms with van der Waals surface area (Å²) in [4.78, 5) is 14.5. The standard InChI is InChI=1S/C7H6BrFN2O2/c1-13-7(12)5-3(8)2-4(9)6(10)11-5/h2H,1H3,(H2,10,11). The van der Waals surface area contributed by atoms with Gasteiger partial charge in [-0.3, -0.25) is 0 Å². The summed E-state index contributed by atoms with van der Waals surface area (Å²) in [5.74, 6) is -1.68. The van der Waals surface area contributed by atoms with Crippen LogP contribution in [0.25, 0.3) is 0 Å². The van der Waals surface area contributed by atoms with Gasteiger partial charge in [-0.15, -0.1) is 0 Å². The van der Waals surface area contributed by atoms with Crippen LogP contribution in [0.2, 0.25) is 0 Å². The van der Waals surface area contributed by atoms with Crippen LogP contribution in [0.5, 0.6) is 0 Å². The molecular weight excluding hydrogens is 243 g/mol. The van der Waals surface area contributed by atoms with Crippen LogP contribution in [0, 0.1) is 5.82 Å². The molecule has 70 valence electrons. The van der Waals surface area contributed by atoms with Crippen molar-refractivity contribution in [1.82, 2.24) is 4.98 Å². The second-order valence-electron chi connectivity index (χ2n) is 2.18. The van der Waals surface area contributed by atoms with Gasteiger partial charge in [0.1, 0.15) is 0 Å². The Morgan fingerprint density at radius 1 is 1.77 bits per heavy atom. The maximum absolute atomic E-state index is 12.8. The number of nitrogens with zero attached hydrogens (tertiary/aromatic N) is 1. The Balaban J connectivity index is 3.23. The second kappa shape index (κ2) is 3.69. The van der Waals surface area contributed by atoms with Crippen molar-refractivity contribution in [1.29, 1.82) is 0 Å². The van der Waals surface area contributed by atoms with E-state index in [0.29, 0.717) is 0 Å². The molecule has 0 aliphatic heterocycles. The van der Waals surface area contributed by atoms with Crippen LogP contribution in [0.3, 0.4) is 0 Å². The molecule has 0 aromatic carbocycles. The zero-order valence-electron chi connectivity index (χ0n) is 6.67. The fourth-order valence-electron chi connectivity index (χ4n) is 0.721. The molecule has 1 heterocycles. The average molecular weight is 249 g/mol. The van der Waals surface area contributed by atoms with Gasteiger partial charge in [-0.05, 0) is 22.0 Å². The van der Waals surface area contributed by atoms with Crippen LogP contribution in [0.1, 0.15) is 10.5 Å². The molecule has 1 aromatic rings. The van der Waals surface area contributed by atoms with Crippen molar-refractivity contribution in [2.75, 3.05) is 12.8 Å². The lowest BCUT2D eigenvalue weighted by Gasteiger charge is -2.02. The van der Waals surface area contributed by atoms with Crippen LogP contribution < -0.4 is 5.73 Å². The van der Waals surface area contributed by atoms with E-state index >= 15 is 0 Å². The molecule has 2 N–H and O–H groups in total. The van der Waals surface area contributed by atoms with Gasteiger partial charge in [0.15, 0.2) is 17.3 Å². The number of nitrogen functional groups attached to an aromatic ring is 1. The molecule has 0 fully saturated rings. The molecule has 0 bridgehead atoms. The van der Waals surface area contributed by atoms with E-state index in [-0.39, 0.29) is 16.0 Å². The largest absolute Gasteiger partial charge is 0.464 e. The molecule has 0 saturated heterocycles. The number of nitrogens with two attached hydrogens (primary N) is 1. The predicted molar refractivity (Wildman–Crippen MR) is 47.6 cm³/mol. The number of rotatable bonds is 1. The molecule has 0 aliphatic carbocycles. The number of ether oxygens (including phenoxy) is 1. The number of halogens is 2. The van der Waals surface area contributed by atoms with Gasteiger partial charge in [0, 0.05) is 0 Å². The van der Waals surface area contributed by atoms with E-state index in [9.17, 15) is 9.18 Å². The summed E-state index contributed by atoms with van der Waals surface area (Å²) in [5, 5.41) is 0. The normalized spacial score (nSPS) is 9.77. The van der Waals surface area contributed by atoms with E-state index in [0.717, 1.165) is 6.07 Å². The smallest absolute Gasteiger partial charge is 0.357 e. The molecule has 0 unspecified atom stereocenters. The lowest BCUT2D eigenvalue weighted by atomic mass is 10.3. The topological polar surface area (TPSA) is 65.2 Å². The van der Waals surface area contributed by atoms with E-state index in [4.69, 9.17) is 5.73 Å². The van der Waals surface area contributed by atoms with Gasteiger partial charge >= 0.3 is 5.97 Å². The number of carbonyl (C=O) groups excluding carboxylic acids is 1. The fourth-order valence-corrected chi connectivity index (χ4v) is 1.17. The third kappa shape index (κ3) is 1.95. The molecule has 1 aromatic heterocycles. The number of anilines is 1. The van der Waals surface area contributed by atoms with Gasteiger partial charge in [-0.1, -0.05) is 0 Å². The molecule has 0 aliphatic rings. The highest BCUT2D eigenvalue weighted by Gasteiger charge is 2.15. The third-order valence-electron chi connectivity index (χ3n) is 1.34. The number of esters is 1. The van der Waals surface area contributed by atoms with E-state index < -0.39 is 11.8 Å². The predicted octanol–water partition coefficient (Wildman–Crippen LogP) is 1.35. The Bertz CT molecular complexity index is 357. The van der Waals surface area contributed by atoms with Crippen LogP contribution in [0.4, 0.5) is 10.2 Å². The van der Waals surface area contributed by atoms with Gasteiger partial charge < -0.3 is 10.5 Å². The summed E-state index contributed by atoms with van der Waals surface area (Å²) in [7, 11) is 1.20. The lowest BCUT2D eigenvalue weighted by Crippen LogP contribution is -2.08. The van der Waals surface area contributed by atoms with Crippen LogP contribution >= 0.6 is 15.9 Å². The summed E-state index contributed by atoms with van der Waals surface area (Å²) in [6.45, 7) is 0. The van der Waals surface area contributed by atoms with E-state index in [1.54, 1.807) is 0 Å². The number of carbonyl (C=O) groups is 1. The van der Waals surface area contributed by atoms with Crippen LogP contribution in [0.15, 0.2) is 10.5 Å². The molecular formula is C7H6BrFN2O2. The number of aromatic nitrogens is 1.